The van der Waals surface area contributed by atoms with Gasteiger partial charge >= 0.3 is 0 Å². The van der Waals surface area contributed by atoms with Crippen molar-refractivity contribution < 1.29 is 0 Å². The number of rotatable bonds is 4. The highest BCUT2D eigenvalue weighted by molar-refractivity contribution is 5.96. The molecule has 0 aromatic heterocycles. The molecule has 4 rings (SSSR count). The monoisotopic (exact) mass is 310 g/mol. The van der Waals surface area contributed by atoms with E-state index in [0.29, 0.717) is 0 Å². The third kappa shape index (κ3) is 2.30. The Morgan fingerprint density at radius 2 is 1.25 bits per heavy atom. The molecule has 3 aromatic rings. The van der Waals surface area contributed by atoms with Crippen LogP contribution < -0.4 is 0 Å². The summed E-state index contributed by atoms with van der Waals surface area (Å²) in [5.74, 6) is 0. The lowest BCUT2D eigenvalue weighted by molar-refractivity contribution is 0.733. The molecule has 1 unspecified atom stereocenters. The molecule has 1 aliphatic carbocycles. The highest BCUT2D eigenvalue weighted by Crippen LogP contribution is 2.61. The van der Waals surface area contributed by atoms with E-state index < -0.39 is 0 Å². The molecule has 0 radical (unpaired) electrons. The zero-order valence-corrected chi connectivity index (χ0v) is 14.3. The fourth-order valence-corrected chi connectivity index (χ4v) is 4.03. The average Bonchev–Trinajstić information content (AvgIpc) is 3.23. The van der Waals surface area contributed by atoms with Crippen molar-refractivity contribution in [1.82, 2.24) is 0 Å². The molecule has 0 bridgehead atoms. The lowest BCUT2D eigenvalue weighted by Gasteiger charge is -2.22. The number of hydrogen-bond donors (Lipinski definition) is 0. The van der Waals surface area contributed by atoms with Crippen LogP contribution in [0.4, 0.5) is 0 Å². The molecule has 0 N–H and O–H groups in total. The fraction of sp³-hybridized carbons (Fsp3) is 0.167. The van der Waals surface area contributed by atoms with Gasteiger partial charge < -0.3 is 0 Å². The molecular formula is C24H22. The summed E-state index contributed by atoms with van der Waals surface area (Å²) in [5, 5.41) is 0. The molecule has 0 spiro atoms. The van der Waals surface area contributed by atoms with Crippen molar-refractivity contribution in [3.8, 4) is 0 Å². The van der Waals surface area contributed by atoms with E-state index in [1.165, 1.54) is 33.4 Å². The second-order valence-corrected chi connectivity index (χ2v) is 6.74. The molecule has 0 saturated carbocycles. The maximum absolute atomic E-state index is 2.30. The Labute approximate surface area is 144 Å². The first-order valence-corrected chi connectivity index (χ1v) is 8.61. The molecule has 0 amide bonds. The Hall–Kier alpha value is -2.60. The van der Waals surface area contributed by atoms with Crippen LogP contribution >= 0.6 is 0 Å². The van der Waals surface area contributed by atoms with Gasteiger partial charge in [0, 0.05) is 5.41 Å². The summed E-state index contributed by atoms with van der Waals surface area (Å²) >= 11 is 0. The predicted octanol–water partition coefficient (Wildman–Crippen LogP) is 5.96. The molecule has 24 heavy (non-hydrogen) atoms. The molecular weight excluding hydrogens is 288 g/mol. The molecule has 0 saturated heterocycles. The number of allylic oxidation sites excluding steroid dienone is 2. The first-order chi connectivity index (χ1) is 11.7. The van der Waals surface area contributed by atoms with Crippen molar-refractivity contribution >= 4 is 5.57 Å². The summed E-state index contributed by atoms with van der Waals surface area (Å²) in [6.07, 6.45) is 1.04. The van der Waals surface area contributed by atoms with E-state index in [4.69, 9.17) is 0 Å². The lowest BCUT2D eigenvalue weighted by atomic mass is 9.80. The van der Waals surface area contributed by atoms with Crippen molar-refractivity contribution in [2.45, 2.75) is 25.7 Å². The van der Waals surface area contributed by atoms with Gasteiger partial charge in [-0.2, -0.15) is 0 Å². The van der Waals surface area contributed by atoms with Gasteiger partial charge in [-0.3, -0.25) is 0 Å². The molecule has 0 heteroatoms. The minimum absolute atomic E-state index is 0.0503. The Morgan fingerprint density at radius 3 is 1.92 bits per heavy atom. The SMILES string of the molecule is CC1=C(c2ccccc2)C1(Cc1ccccc1C)c1ccccc1. The largest absolute Gasteiger partial charge is 0.0622 e. The predicted molar refractivity (Wildman–Crippen MR) is 102 cm³/mol. The summed E-state index contributed by atoms with van der Waals surface area (Å²) in [6, 6.07) is 30.6. The Balaban J connectivity index is 1.81. The Bertz CT molecular complexity index is 888. The molecule has 118 valence electrons. The van der Waals surface area contributed by atoms with E-state index >= 15 is 0 Å². The summed E-state index contributed by atoms with van der Waals surface area (Å²) in [7, 11) is 0. The summed E-state index contributed by atoms with van der Waals surface area (Å²) in [6.45, 7) is 4.52. The van der Waals surface area contributed by atoms with E-state index in [0.717, 1.165) is 6.42 Å². The average molecular weight is 310 g/mol. The molecule has 0 aliphatic heterocycles. The van der Waals surface area contributed by atoms with Gasteiger partial charge in [0.05, 0.1) is 0 Å². The standard InChI is InChI=1S/C24H22/c1-18-11-9-10-14-21(18)17-24(22-15-7-4-8-16-22)19(2)23(24)20-12-5-3-6-13-20/h3-16H,17H2,1-2H3. The van der Waals surface area contributed by atoms with Crippen molar-refractivity contribution in [1.29, 1.82) is 0 Å². The first-order valence-electron chi connectivity index (χ1n) is 8.61. The highest BCUT2D eigenvalue weighted by Gasteiger charge is 2.52. The van der Waals surface area contributed by atoms with Crippen LogP contribution in [0.25, 0.3) is 5.57 Å². The zero-order valence-electron chi connectivity index (χ0n) is 14.3. The maximum Gasteiger partial charge on any atom is 0.0460 e. The van der Waals surface area contributed by atoms with E-state index in [-0.39, 0.29) is 5.41 Å². The Morgan fingerprint density at radius 1 is 0.667 bits per heavy atom. The summed E-state index contributed by atoms with van der Waals surface area (Å²) in [4.78, 5) is 0. The molecule has 0 nitrogen and oxygen atoms in total. The molecule has 3 aromatic carbocycles. The highest BCUT2D eigenvalue weighted by atomic mass is 14.5. The zero-order chi connectivity index (χ0) is 16.6. The molecule has 1 aliphatic rings. The van der Waals surface area contributed by atoms with E-state index in [9.17, 15) is 0 Å². The van der Waals surface area contributed by atoms with Crippen LogP contribution in [0, 0.1) is 6.92 Å². The molecule has 0 heterocycles. The first kappa shape index (κ1) is 15.0. The van der Waals surface area contributed by atoms with Gasteiger partial charge in [-0.05, 0) is 48.1 Å². The van der Waals surface area contributed by atoms with Crippen LogP contribution in [0.5, 0.6) is 0 Å². The normalized spacial score (nSPS) is 19.4. The van der Waals surface area contributed by atoms with Gasteiger partial charge in [0.25, 0.3) is 0 Å². The van der Waals surface area contributed by atoms with Gasteiger partial charge in [0.15, 0.2) is 0 Å². The quantitative estimate of drug-likeness (QED) is 0.557. The van der Waals surface area contributed by atoms with Gasteiger partial charge in [-0.25, -0.2) is 0 Å². The van der Waals surface area contributed by atoms with Gasteiger partial charge in [0.1, 0.15) is 0 Å². The second-order valence-electron chi connectivity index (χ2n) is 6.74. The second kappa shape index (κ2) is 5.79. The smallest absolute Gasteiger partial charge is 0.0460 e. The van der Waals surface area contributed by atoms with Crippen LogP contribution in [0.2, 0.25) is 0 Å². The van der Waals surface area contributed by atoms with Crippen LogP contribution in [0.15, 0.2) is 90.5 Å². The van der Waals surface area contributed by atoms with Crippen LogP contribution in [0.3, 0.4) is 0 Å². The van der Waals surface area contributed by atoms with E-state index in [1.807, 2.05) is 0 Å². The minimum atomic E-state index is 0.0503. The van der Waals surface area contributed by atoms with Crippen LogP contribution in [0.1, 0.15) is 29.2 Å². The van der Waals surface area contributed by atoms with Crippen LogP contribution in [-0.2, 0) is 11.8 Å². The number of hydrogen-bond acceptors (Lipinski definition) is 0. The topological polar surface area (TPSA) is 0 Å². The third-order valence-corrected chi connectivity index (χ3v) is 5.43. The van der Waals surface area contributed by atoms with Crippen molar-refractivity contribution in [2.75, 3.05) is 0 Å². The molecule has 0 fully saturated rings. The van der Waals surface area contributed by atoms with Crippen molar-refractivity contribution in [3.63, 3.8) is 0 Å². The fourth-order valence-electron chi connectivity index (χ4n) is 4.03. The minimum Gasteiger partial charge on any atom is -0.0622 e. The third-order valence-electron chi connectivity index (χ3n) is 5.43. The number of aryl methyl sites for hydroxylation is 1. The van der Waals surface area contributed by atoms with Gasteiger partial charge in [-0.1, -0.05) is 90.5 Å². The van der Waals surface area contributed by atoms with Gasteiger partial charge in [-0.15, -0.1) is 0 Å². The van der Waals surface area contributed by atoms with Crippen molar-refractivity contribution in [3.05, 3.63) is 113 Å². The van der Waals surface area contributed by atoms with Crippen molar-refractivity contribution in [2.24, 2.45) is 0 Å². The van der Waals surface area contributed by atoms with E-state index in [2.05, 4.69) is 98.8 Å². The molecule has 1 atom stereocenters. The van der Waals surface area contributed by atoms with Gasteiger partial charge in [0.2, 0.25) is 0 Å². The lowest BCUT2D eigenvalue weighted by Crippen LogP contribution is -2.17. The summed E-state index contributed by atoms with van der Waals surface area (Å²) < 4.78 is 0. The van der Waals surface area contributed by atoms with Crippen LogP contribution in [-0.4, -0.2) is 0 Å². The number of benzene rings is 3. The summed E-state index contributed by atoms with van der Waals surface area (Å²) in [5.41, 5.74) is 8.62. The Kier molecular flexibility index (Phi) is 3.61. The maximum atomic E-state index is 2.30. The van der Waals surface area contributed by atoms with E-state index in [1.54, 1.807) is 0 Å².